The highest BCUT2D eigenvalue weighted by Gasteiger charge is 2.45. The van der Waals surface area contributed by atoms with Gasteiger partial charge in [0.05, 0.1) is 0 Å². The quantitative estimate of drug-likeness (QED) is 0.813. The Balaban J connectivity index is 1.93. The molecule has 1 aromatic carbocycles. The monoisotopic (exact) mass is 296 g/mol. The zero-order valence-electron chi connectivity index (χ0n) is 12.2. The van der Waals surface area contributed by atoms with Gasteiger partial charge in [-0.25, -0.2) is 8.78 Å². The molecule has 1 aliphatic carbocycles. The van der Waals surface area contributed by atoms with Crippen molar-refractivity contribution in [2.45, 2.75) is 44.6 Å². The van der Waals surface area contributed by atoms with Gasteiger partial charge in [0.25, 0.3) is 0 Å². The van der Waals surface area contributed by atoms with Crippen LogP contribution in [0.1, 0.15) is 44.1 Å². The second-order valence-electron chi connectivity index (χ2n) is 5.70. The number of rotatable bonds is 7. The van der Waals surface area contributed by atoms with Gasteiger partial charge in [-0.15, -0.1) is 0 Å². The molecule has 0 bridgehead atoms. The molecule has 3 atom stereocenters. The second-order valence-corrected chi connectivity index (χ2v) is 5.70. The third kappa shape index (κ3) is 4.00. The number of nitrogens with one attached hydrogen (secondary N) is 1. The van der Waals surface area contributed by atoms with Crippen LogP contribution in [0, 0.1) is 17.6 Å². The third-order valence-electron chi connectivity index (χ3n) is 4.02. The molecule has 1 aromatic rings. The molecular formula is C16H22F2N2O. The van der Waals surface area contributed by atoms with Crippen molar-refractivity contribution in [3.63, 3.8) is 0 Å². The number of carbonyl (C=O) groups is 1. The minimum Gasteiger partial charge on any atom is -0.352 e. The molecule has 21 heavy (non-hydrogen) atoms. The summed E-state index contributed by atoms with van der Waals surface area (Å²) in [5.41, 5.74) is 5.95. The number of unbranched alkanes of at least 4 members (excludes halogenated alkanes) is 1. The third-order valence-corrected chi connectivity index (χ3v) is 4.02. The first-order valence-corrected chi connectivity index (χ1v) is 7.52. The van der Waals surface area contributed by atoms with Gasteiger partial charge in [0.15, 0.2) is 0 Å². The van der Waals surface area contributed by atoms with E-state index in [9.17, 15) is 13.6 Å². The van der Waals surface area contributed by atoms with Gasteiger partial charge >= 0.3 is 0 Å². The SMILES string of the molecule is CCCCC(CN)NC(=O)C1CC1c1cc(F)ccc1F. The molecule has 0 spiro atoms. The van der Waals surface area contributed by atoms with Crippen LogP contribution in [-0.4, -0.2) is 18.5 Å². The Morgan fingerprint density at radius 1 is 1.48 bits per heavy atom. The molecule has 3 N–H and O–H groups in total. The van der Waals surface area contributed by atoms with Gasteiger partial charge in [-0.1, -0.05) is 19.8 Å². The minimum atomic E-state index is -0.472. The van der Waals surface area contributed by atoms with E-state index in [1.54, 1.807) is 0 Å². The van der Waals surface area contributed by atoms with Crippen molar-refractivity contribution in [3.8, 4) is 0 Å². The zero-order valence-corrected chi connectivity index (χ0v) is 12.2. The molecule has 2 rings (SSSR count). The summed E-state index contributed by atoms with van der Waals surface area (Å²) in [5, 5.41) is 2.92. The topological polar surface area (TPSA) is 55.1 Å². The Kier molecular flexibility index (Phi) is 5.28. The number of amides is 1. The van der Waals surface area contributed by atoms with Gasteiger partial charge < -0.3 is 11.1 Å². The Hall–Kier alpha value is -1.49. The van der Waals surface area contributed by atoms with E-state index in [1.807, 2.05) is 0 Å². The highest BCUT2D eigenvalue weighted by molar-refractivity contribution is 5.83. The molecule has 5 heteroatoms. The lowest BCUT2D eigenvalue weighted by Gasteiger charge is -2.16. The number of carbonyl (C=O) groups excluding carboxylic acids is 1. The predicted octanol–water partition coefficient (Wildman–Crippen LogP) is 2.70. The summed E-state index contributed by atoms with van der Waals surface area (Å²) in [5.74, 6) is -1.50. The number of hydrogen-bond acceptors (Lipinski definition) is 2. The van der Waals surface area contributed by atoms with Crippen LogP contribution in [0.25, 0.3) is 0 Å². The van der Waals surface area contributed by atoms with Crippen molar-refractivity contribution in [2.24, 2.45) is 11.7 Å². The van der Waals surface area contributed by atoms with Crippen LogP contribution in [0.3, 0.4) is 0 Å². The largest absolute Gasteiger partial charge is 0.352 e. The standard InChI is InChI=1S/C16H22F2N2O/c1-2-3-4-11(9-19)20-16(21)14-8-12(14)13-7-10(17)5-6-15(13)18/h5-7,11-12,14H,2-4,8-9,19H2,1H3,(H,20,21). The summed E-state index contributed by atoms with van der Waals surface area (Å²) in [6.45, 7) is 2.48. The van der Waals surface area contributed by atoms with Crippen molar-refractivity contribution in [1.29, 1.82) is 0 Å². The van der Waals surface area contributed by atoms with Gasteiger partial charge in [-0.2, -0.15) is 0 Å². The van der Waals surface area contributed by atoms with Crippen molar-refractivity contribution in [1.82, 2.24) is 5.32 Å². The molecule has 0 aliphatic heterocycles. The Bertz CT molecular complexity index is 507. The summed E-state index contributed by atoms with van der Waals surface area (Å²) in [6.07, 6.45) is 3.48. The minimum absolute atomic E-state index is 0.0314. The number of hydrogen-bond donors (Lipinski definition) is 2. The van der Waals surface area contributed by atoms with E-state index in [0.717, 1.165) is 31.4 Å². The lowest BCUT2D eigenvalue weighted by Crippen LogP contribution is -2.41. The van der Waals surface area contributed by atoms with E-state index in [1.165, 1.54) is 6.07 Å². The molecule has 0 radical (unpaired) electrons. The van der Waals surface area contributed by atoms with Gasteiger partial charge in [0, 0.05) is 18.5 Å². The lowest BCUT2D eigenvalue weighted by molar-refractivity contribution is -0.123. The fourth-order valence-electron chi connectivity index (χ4n) is 2.63. The second kappa shape index (κ2) is 6.98. The first-order chi connectivity index (χ1) is 10.1. The van der Waals surface area contributed by atoms with Crippen molar-refractivity contribution >= 4 is 5.91 Å². The normalized spacial score (nSPS) is 21.9. The van der Waals surface area contributed by atoms with Crippen LogP contribution < -0.4 is 11.1 Å². The molecule has 1 amide bonds. The zero-order chi connectivity index (χ0) is 15.4. The Morgan fingerprint density at radius 3 is 2.90 bits per heavy atom. The van der Waals surface area contributed by atoms with E-state index in [0.29, 0.717) is 18.5 Å². The summed E-state index contributed by atoms with van der Waals surface area (Å²) in [4.78, 5) is 12.1. The average molecular weight is 296 g/mol. The van der Waals surface area contributed by atoms with Gasteiger partial charge in [0.2, 0.25) is 5.91 Å². The fourth-order valence-corrected chi connectivity index (χ4v) is 2.63. The first-order valence-electron chi connectivity index (χ1n) is 7.52. The van der Waals surface area contributed by atoms with Crippen LogP contribution >= 0.6 is 0 Å². The molecule has 1 saturated carbocycles. The molecular weight excluding hydrogens is 274 g/mol. The van der Waals surface area contributed by atoms with Crippen LogP contribution in [0.5, 0.6) is 0 Å². The average Bonchev–Trinajstić information content (AvgIpc) is 3.26. The van der Waals surface area contributed by atoms with Crippen LogP contribution in [0.2, 0.25) is 0 Å². The molecule has 3 nitrogen and oxygen atoms in total. The maximum atomic E-state index is 13.7. The van der Waals surface area contributed by atoms with Crippen molar-refractivity contribution in [3.05, 3.63) is 35.4 Å². The Labute approximate surface area is 123 Å². The fraction of sp³-hybridized carbons (Fsp3) is 0.562. The van der Waals surface area contributed by atoms with Crippen LogP contribution in [0.4, 0.5) is 8.78 Å². The van der Waals surface area contributed by atoms with E-state index in [-0.39, 0.29) is 23.8 Å². The molecule has 116 valence electrons. The summed E-state index contributed by atoms with van der Waals surface area (Å²) < 4.78 is 26.9. The van der Waals surface area contributed by atoms with Crippen LogP contribution in [0.15, 0.2) is 18.2 Å². The maximum absolute atomic E-state index is 13.7. The molecule has 0 saturated heterocycles. The first kappa shape index (κ1) is 15.9. The highest BCUT2D eigenvalue weighted by Crippen LogP contribution is 2.48. The number of benzene rings is 1. The lowest BCUT2D eigenvalue weighted by atomic mass is 10.1. The summed E-state index contributed by atoms with van der Waals surface area (Å²) in [7, 11) is 0. The van der Waals surface area contributed by atoms with Gasteiger partial charge in [0.1, 0.15) is 11.6 Å². The predicted molar refractivity (Wildman–Crippen MR) is 77.7 cm³/mol. The molecule has 3 unspecified atom stereocenters. The van der Waals surface area contributed by atoms with Crippen molar-refractivity contribution < 1.29 is 13.6 Å². The Morgan fingerprint density at radius 2 is 2.24 bits per heavy atom. The molecule has 1 fully saturated rings. The van der Waals surface area contributed by atoms with Gasteiger partial charge in [-0.3, -0.25) is 4.79 Å². The van der Waals surface area contributed by atoms with E-state index in [2.05, 4.69) is 12.2 Å². The number of nitrogens with two attached hydrogens (primary N) is 1. The van der Waals surface area contributed by atoms with E-state index >= 15 is 0 Å². The van der Waals surface area contributed by atoms with Gasteiger partial charge in [-0.05, 0) is 42.5 Å². The van der Waals surface area contributed by atoms with E-state index in [4.69, 9.17) is 5.73 Å². The number of halogens is 2. The highest BCUT2D eigenvalue weighted by atomic mass is 19.1. The molecule has 1 aliphatic rings. The molecule has 0 aromatic heterocycles. The smallest absolute Gasteiger partial charge is 0.224 e. The summed E-state index contributed by atoms with van der Waals surface area (Å²) >= 11 is 0. The van der Waals surface area contributed by atoms with E-state index < -0.39 is 11.6 Å². The molecule has 0 heterocycles. The summed E-state index contributed by atoms with van der Waals surface area (Å²) in [6, 6.07) is 3.36. The maximum Gasteiger partial charge on any atom is 0.224 e. The van der Waals surface area contributed by atoms with Crippen LogP contribution in [-0.2, 0) is 4.79 Å². The van der Waals surface area contributed by atoms with Crippen molar-refractivity contribution in [2.75, 3.05) is 6.54 Å².